The number of carbonyl (C=O) groups excluding carboxylic acids is 1. The van der Waals surface area contributed by atoms with Crippen LogP contribution in [0.3, 0.4) is 0 Å². The molecule has 1 aromatic rings. The maximum atomic E-state index is 11.5. The zero-order valence-corrected chi connectivity index (χ0v) is 13.3. The summed E-state index contributed by atoms with van der Waals surface area (Å²) in [6, 6.07) is 3.61. The lowest BCUT2D eigenvalue weighted by Crippen LogP contribution is -2.25. The number of rotatable bonds is 9. The van der Waals surface area contributed by atoms with Gasteiger partial charge < -0.3 is 14.4 Å². The molecule has 0 radical (unpaired) electrons. The van der Waals surface area contributed by atoms with Gasteiger partial charge in [0, 0.05) is 18.8 Å². The third kappa shape index (κ3) is 7.09. The van der Waals surface area contributed by atoms with Crippen LogP contribution in [0.15, 0.2) is 18.3 Å². The van der Waals surface area contributed by atoms with Gasteiger partial charge in [-0.1, -0.05) is 33.3 Å². The van der Waals surface area contributed by atoms with Gasteiger partial charge in [0.25, 0.3) is 0 Å². The van der Waals surface area contributed by atoms with Crippen LogP contribution in [0.2, 0.25) is 0 Å². The minimum atomic E-state index is -0.690. The summed E-state index contributed by atoms with van der Waals surface area (Å²) in [7, 11) is 0. The zero-order chi connectivity index (χ0) is 15.5. The average Bonchev–Trinajstić information content (AvgIpc) is 2.50. The van der Waals surface area contributed by atoms with Gasteiger partial charge in [-0.25, -0.2) is 9.78 Å². The van der Waals surface area contributed by atoms with Crippen molar-refractivity contribution < 1.29 is 14.3 Å². The largest absolute Gasteiger partial charge is 0.515 e. The van der Waals surface area contributed by atoms with Crippen molar-refractivity contribution in [1.29, 1.82) is 0 Å². The maximum absolute atomic E-state index is 11.5. The Morgan fingerprint density at radius 1 is 1.24 bits per heavy atom. The van der Waals surface area contributed by atoms with Gasteiger partial charge in [-0.2, -0.15) is 0 Å². The first-order valence-electron chi connectivity index (χ1n) is 7.71. The molecule has 1 aromatic heterocycles. The van der Waals surface area contributed by atoms with Crippen molar-refractivity contribution in [2.45, 2.75) is 40.0 Å². The number of aryl methyl sites for hydroxylation is 1. The second kappa shape index (κ2) is 10.2. The highest BCUT2D eigenvalue weighted by molar-refractivity contribution is 5.62. The fourth-order valence-corrected chi connectivity index (χ4v) is 2.01. The molecule has 21 heavy (non-hydrogen) atoms. The molecule has 0 spiro atoms. The Balaban J connectivity index is 2.24. The number of nitrogens with zero attached hydrogens (tertiary/aromatic N) is 2. The van der Waals surface area contributed by atoms with Crippen LogP contribution in [0.5, 0.6) is 5.88 Å². The summed E-state index contributed by atoms with van der Waals surface area (Å²) in [5.74, 6) is 0.281. The molecule has 5 nitrogen and oxygen atoms in total. The Kier molecular flexibility index (Phi) is 8.43. The van der Waals surface area contributed by atoms with E-state index in [0.717, 1.165) is 44.5 Å². The van der Waals surface area contributed by atoms with Crippen LogP contribution in [-0.2, 0) is 11.2 Å². The molecule has 0 saturated heterocycles. The van der Waals surface area contributed by atoms with Crippen molar-refractivity contribution in [3.05, 3.63) is 23.9 Å². The molecule has 1 rings (SSSR count). The topological polar surface area (TPSA) is 51.7 Å². The molecular weight excluding hydrogens is 268 g/mol. The van der Waals surface area contributed by atoms with Crippen LogP contribution in [0.1, 0.15) is 39.2 Å². The van der Waals surface area contributed by atoms with Crippen molar-refractivity contribution in [2.75, 3.05) is 26.2 Å². The molecular formula is C16H26N2O3. The Labute approximate surface area is 127 Å². The third-order valence-corrected chi connectivity index (χ3v) is 3.26. The van der Waals surface area contributed by atoms with Crippen LogP contribution in [-0.4, -0.2) is 42.3 Å². The minimum Gasteiger partial charge on any atom is -0.434 e. The summed E-state index contributed by atoms with van der Waals surface area (Å²) in [4.78, 5) is 17.9. The van der Waals surface area contributed by atoms with Crippen molar-refractivity contribution >= 4 is 6.16 Å². The van der Waals surface area contributed by atoms with E-state index in [2.05, 4.69) is 30.7 Å². The van der Waals surface area contributed by atoms with Crippen LogP contribution in [0, 0.1) is 0 Å². The predicted octanol–water partition coefficient (Wildman–Crippen LogP) is 3.28. The molecule has 118 valence electrons. The summed E-state index contributed by atoms with van der Waals surface area (Å²) < 4.78 is 10.1. The number of aromatic nitrogens is 1. The lowest BCUT2D eigenvalue weighted by atomic mass is 10.2. The molecule has 0 aliphatic heterocycles. The Morgan fingerprint density at radius 3 is 2.57 bits per heavy atom. The monoisotopic (exact) mass is 294 g/mol. The summed E-state index contributed by atoms with van der Waals surface area (Å²) in [5, 5.41) is 0. The molecule has 0 saturated carbocycles. The van der Waals surface area contributed by atoms with E-state index < -0.39 is 6.16 Å². The first-order valence-corrected chi connectivity index (χ1v) is 7.71. The van der Waals surface area contributed by atoms with E-state index in [9.17, 15) is 4.79 Å². The molecule has 5 heteroatoms. The highest BCUT2D eigenvalue weighted by Crippen LogP contribution is 2.09. The number of hydrogen-bond acceptors (Lipinski definition) is 5. The Bertz CT molecular complexity index is 402. The van der Waals surface area contributed by atoms with Crippen molar-refractivity contribution in [2.24, 2.45) is 0 Å². The first-order chi connectivity index (χ1) is 10.2. The smallest absolute Gasteiger partial charge is 0.434 e. The minimum absolute atomic E-state index is 0.281. The average molecular weight is 294 g/mol. The highest BCUT2D eigenvalue weighted by Gasteiger charge is 2.07. The maximum Gasteiger partial charge on any atom is 0.515 e. The molecule has 0 aromatic carbocycles. The van der Waals surface area contributed by atoms with E-state index in [4.69, 9.17) is 9.47 Å². The molecule has 0 atom stereocenters. The lowest BCUT2D eigenvalue weighted by Gasteiger charge is -2.17. The van der Waals surface area contributed by atoms with Gasteiger partial charge in [-0.05, 0) is 31.5 Å². The first kappa shape index (κ1) is 17.4. The van der Waals surface area contributed by atoms with Crippen molar-refractivity contribution in [3.8, 4) is 5.88 Å². The van der Waals surface area contributed by atoms with Gasteiger partial charge in [0.2, 0.25) is 5.88 Å². The number of hydrogen-bond donors (Lipinski definition) is 0. The molecule has 0 fully saturated rings. The molecule has 1 heterocycles. The molecule has 0 bridgehead atoms. The van der Waals surface area contributed by atoms with Crippen LogP contribution >= 0.6 is 0 Å². The normalized spacial score (nSPS) is 10.7. The molecule has 0 N–H and O–H groups in total. The highest BCUT2D eigenvalue weighted by atomic mass is 16.7. The van der Waals surface area contributed by atoms with Crippen molar-refractivity contribution in [1.82, 2.24) is 9.88 Å². The van der Waals surface area contributed by atoms with E-state index in [0.29, 0.717) is 6.61 Å². The van der Waals surface area contributed by atoms with E-state index in [-0.39, 0.29) is 5.88 Å². The Morgan fingerprint density at radius 2 is 2.00 bits per heavy atom. The van der Waals surface area contributed by atoms with Crippen molar-refractivity contribution in [3.63, 3.8) is 0 Å². The molecule has 0 aliphatic rings. The second-order valence-corrected chi connectivity index (χ2v) is 4.84. The molecule has 0 amide bonds. The standard InChI is InChI=1S/C16H26N2O3/c1-4-8-14-9-10-15(17-13-14)21-16(19)20-12-7-11-18(5-2)6-3/h9-10,13H,4-8,11-12H2,1-3H3. The predicted molar refractivity (Wildman–Crippen MR) is 82.6 cm³/mol. The summed E-state index contributed by atoms with van der Waals surface area (Å²) >= 11 is 0. The molecule has 0 unspecified atom stereocenters. The van der Waals surface area contributed by atoms with Crippen LogP contribution < -0.4 is 4.74 Å². The van der Waals surface area contributed by atoms with Gasteiger partial charge in [0.05, 0.1) is 6.61 Å². The van der Waals surface area contributed by atoms with E-state index >= 15 is 0 Å². The zero-order valence-electron chi connectivity index (χ0n) is 13.3. The lowest BCUT2D eigenvalue weighted by molar-refractivity contribution is 0.0931. The van der Waals surface area contributed by atoms with Gasteiger partial charge in [-0.3, -0.25) is 0 Å². The fourth-order valence-electron chi connectivity index (χ4n) is 2.01. The van der Waals surface area contributed by atoms with Gasteiger partial charge in [-0.15, -0.1) is 0 Å². The number of ether oxygens (including phenoxy) is 2. The van der Waals surface area contributed by atoms with E-state index in [1.807, 2.05) is 6.07 Å². The second-order valence-electron chi connectivity index (χ2n) is 4.84. The van der Waals surface area contributed by atoms with Gasteiger partial charge in [0.15, 0.2) is 0 Å². The fraction of sp³-hybridized carbons (Fsp3) is 0.625. The Hall–Kier alpha value is -1.62. The van der Waals surface area contributed by atoms with Crippen LogP contribution in [0.25, 0.3) is 0 Å². The number of carbonyl (C=O) groups is 1. The van der Waals surface area contributed by atoms with Crippen LogP contribution in [0.4, 0.5) is 4.79 Å². The summed E-state index contributed by atoms with van der Waals surface area (Å²) in [6.45, 7) is 9.65. The third-order valence-electron chi connectivity index (χ3n) is 3.26. The molecule has 0 aliphatic carbocycles. The van der Waals surface area contributed by atoms with Gasteiger partial charge >= 0.3 is 6.16 Å². The summed E-state index contributed by atoms with van der Waals surface area (Å²) in [6.07, 6.45) is 3.89. The van der Waals surface area contributed by atoms with Gasteiger partial charge in [0.1, 0.15) is 0 Å². The summed E-state index contributed by atoms with van der Waals surface area (Å²) in [5.41, 5.74) is 1.14. The number of pyridine rings is 1. The van der Waals surface area contributed by atoms with E-state index in [1.54, 1.807) is 12.3 Å². The van der Waals surface area contributed by atoms with E-state index in [1.165, 1.54) is 0 Å². The quantitative estimate of drug-likeness (QED) is 0.517. The SMILES string of the molecule is CCCc1ccc(OC(=O)OCCCN(CC)CC)nc1.